The minimum atomic E-state index is -0.218. The molecule has 1 atom stereocenters. The van der Waals surface area contributed by atoms with Gasteiger partial charge in [0.2, 0.25) is 0 Å². The Morgan fingerprint density at radius 3 is 2.48 bits per heavy atom. The van der Waals surface area contributed by atoms with Crippen molar-refractivity contribution in [3.63, 3.8) is 0 Å². The standard InChI is InChI=1S/C18H18FNO/c19-16-7-5-15(6-8-16)18(9-3-10-18)12-14(13-21)17-4-1-2-11-20-17/h1-2,4-8,11,13-14H,3,9-10,12H2. The van der Waals surface area contributed by atoms with E-state index >= 15 is 0 Å². The molecule has 0 bridgehead atoms. The molecule has 0 amide bonds. The summed E-state index contributed by atoms with van der Waals surface area (Å²) in [7, 11) is 0. The fraction of sp³-hybridized carbons (Fsp3) is 0.333. The number of carbonyl (C=O) groups excluding carboxylic acids is 1. The molecule has 1 heterocycles. The van der Waals surface area contributed by atoms with Crippen LogP contribution in [0.5, 0.6) is 0 Å². The molecule has 0 aliphatic heterocycles. The predicted molar refractivity (Wildman–Crippen MR) is 79.6 cm³/mol. The van der Waals surface area contributed by atoms with Crippen LogP contribution in [0, 0.1) is 5.82 Å². The first-order chi connectivity index (χ1) is 10.2. The van der Waals surface area contributed by atoms with Gasteiger partial charge in [0.1, 0.15) is 12.1 Å². The van der Waals surface area contributed by atoms with E-state index in [4.69, 9.17) is 0 Å². The molecule has 2 aromatic rings. The van der Waals surface area contributed by atoms with E-state index in [1.54, 1.807) is 6.20 Å². The molecule has 3 heteroatoms. The van der Waals surface area contributed by atoms with Crippen LogP contribution in [0.25, 0.3) is 0 Å². The maximum Gasteiger partial charge on any atom is 0.129 e. The van der Waals surface area contributed by atoms with Crippen LogP contribution in [0.1, 0.15) is 42.9 Å². The lowest BCUT2D eigenvalue weighted by Gasteiger charge is -2.44. The van der Waals surface area contributed by atoms with Crippen molar-refractivity contribution in [1.82, 2.24) is 4.98 Å². The number of benzene rings is 1. The molecular weight excluding hydrogens is 265 g/mol. The van der Waals surface area contributed by atoms with Gasteiger partial charge in [-0.1, -0.05) is 24.6 Å². The van der Waals surface area contributed by atoms with E-state index in [1.165, 1.54) is 12.1 Å². The summed E-state index contributed by atoms with van der Waals surface area (Å²) in [5, 5.41) is 0. The number of halogens is 1. The Kier molecular flexibility index (Phi) is 3.82. The Morgan fingerprint density at radius 2 is 1.95 bits per heavy atom. The van der Waals surface area contributed by atoms with E-state index in [0.29, 0.717) is 0 Å². The highest BCUT2D eigenvalue weighted by atomic mass is 19.1. The number of aromatic nitrogens is 1. The Morgan fingerprint density at radius 1 is 1.19 bits per heavy atom. The maximum atomic E-state index is 13.1. The molecule has 0 radical (unpaired) electrons. The van der Waals surface area contributed by atoms with Gasteiger partial charge in [0.05, 0.1) is 11.6 Å². The van der Waals surface area contributed by atoms with E-state index in [-0.39, 0.29) is 17.2 Å². The lowest BCUT2D eigenvalue weighted by molar-refractivity contribution is -0.109. The largest absolute Gasteiger partial charge is 0.303 e. The van der Waals surface area contributed by atoms with Crippen LogP contribution in [0.15, 0.2) is 48.7 Å². The Labute approximate surface area is 124 Å². The minimum Gasteiger partial charge on any atom is -0.303 e. The van der Waals surface area contributed by atoms with Crippen LogP contribution in [0.3, 0.4) is 0 Å². The van der Waals surface area contributed by atoms with E-state index in [9.17, 15) is 9.18 Å². The number of rotatable bonds is 5. The van der Waals surface area contributed by atoms with E-state index in [0.717, 1.165) is 43.2 Å². The molecule has 1 saturated carbocycles. The fourth-order valence-corrected chi connectivity index (χ4v) is 3.26. The molecule has 0 saturated heterocycles. The van der Waals surface area contributed by atoms with Crippen molar-refractivity contribution in [3.05, 3.63) is 65.7 Å². The molecule has 1 aromatic heterocycles. The summed E-state index contributed by atoms with van der Waals surface area (Å²) in [6.07, 6.45) is 6.72. The molecule has 3 rings (SSSR count). The highest BCUT2D eigenvalue weighted by molar-refractivity contribution is 5.61. The monoisotopic (exact) mass is 283 g/mol. The van der Waals surface area contributed by atoms with Crippen LogP contribution in [0.4, 0.5) is 4.39 Å². The summed E-state index contributed by atoms with van der Waals surface area (Å²) in [5.41, 5.74) is 1.95. The number of aldehydes is 1. The smallest absolute Gasteiger partial charge is 0.129 e. The van der Waals surface area contributed by atoms with Crippen LogP contribution < -0.4 is 0 Å². The van der Waals surface area contributed by atoms with Gasteiger partial charge >= 0.3 is 0 Å². The van der Waals surface area contributed by atoms with Gasteiger partial charge < -0.3 is 4.79 Å². The van der Waals surface area contributed by atoms with Gasteiger partial charge in [-0.25, -0.2) is 4.39 Å². The van der Waals surface area contributed by atoms with Gasteiger partial charge in [0, 0.05) is 6.20 Å². The van der Waals surface area contributed by atoms with Gasteiger partial charge in [0.25, 0.3) is 0 Å². The average molecular weight is 283 g/mol. The van der Waals surface area contributed by atoms with E-state index < -0.39 is 0 Å². The van der Waals surface area contributed by atoms with Crippen molar-refractivity contribution >= 4 is 6.29 Å². The van der Waals surface area contributed by atoms with Crippen molar-refractivity contribution in [2.24, 2.45) is 0 Å². The van der Waals surface area contributed by atoms with Gasteiger partial charge in [0.15, 0.2) is 0 Å². The third-order valence-electron chi connectivity index (χ3n) is 4.61. The molecular formula is C18H18FNO. The molecule has 1 aliphatic carbocycles. The molecule has 108 valence electrons. The average Bonchev–Trinajstić information content (AvgIpc) is 2.49. The predicted octanol–water partition coefficient (Wildman–Crippen LogP) is 4.02. The van der Waals surface area contributed by atoms with E-state index in [1.807, 2.05) is 30.3 Å². The second-order valence-corrected chi connectivity index (χ2v) is 5.84. The number of nitrogens with zero attached hydrogens (tertiary/aromatic N) is 1. The first kappa shape index (κ1) is 13.9. The summed E-state index contributed by atoms with van der Waals surface area (Å²) in [4.78, 5) is 15.8. The third-order valence-corrected chi connectivity index (χ3v) is 4.61. The lowest BCUT2D eigenvalue weighted by atomic mass is 9.60. The Hall–Kier alpha value is -2.03. The first-order valence-electron chi connectivity index (χ1n) is 7.36. The van der Waals surface area contributed by atoms with Crippen molar-refractivity contribution in [1.29, 1.82) is 0 Å². The number of hydrogen-bond donors (Lipinski definition) is 0. The highest BCUT2D eigenvalue weighted by Gasteiger charge is 2.40. The van der Waals surface area contributed by atoms with Gasteiger partial charge in [-0.3, -0.25) is 4.98 Å². The van der Waals surface area contributed by atoms with Crippen LogP contribution >= 0.6 is 0 Å². The molecule has 1 aromatic carbocycles. The quantitative estimate of drug-likeness (QED) is 0.776. The molecule has 1 unspecified atom stereocenters. The zero-order valence-electron chi connectivity index (χ0n) is 11.8. The van der Waals surface area contributed by atoms with Crippen LogP contribution in [-0.2, 0) is 10.2 Å². The Bertz CT molecular complexity index is 605. The third kappa shape index (κ3) is 2.73. The highest BCUT2D eigenvalue weighted by Crippen LogP contribution is 2.49. The van der Waals surface area contributed by atoms with Gasteiger partial charge in [-0.2, -0.15) is 0 Å². The summed E-state index contributed by atoms with van der Waals surface area (Å²) in [5.74, 6) is -0.415. The lowest BCUT2D eigenvalue weighted by Crippen LogP contribution is -2.36. The van der Waals surface area contributed by atoms with Crippen LogP contribution in [-0.4, -0.2) is 11.3 Å². The fourth-order valence-electron chi connectivity index (χ4n) is 3.26. The number of carbonyl (C=O) groups is 1. The molecule has 21 heavy (non-hydrogen) atoms. The first-order valence-corrected chi connectivity index (χ1v) is 7.36. The molecule has 2 nitrogen and oxygen atoms in total. The number of hydrogen-bond acceptors (Lipinski definition) is 2. The number of pyridine rings is 1. The summed E-state index contributed by atoms with van der Waals surface area (Å²) in [6, 6.07) is 12.4. The normalized spacial score (nSPS) is 17.8. The maximum absolute atomic E-state index is 13.1. The van der Waals surface area contributed by atoms with Crippen molar-refractivity contribution in [2.75, 3.05) is 0 Å². The Balaban J connectivity index is 1.86. The minimum absolute atomic E-state index is 0.00318. The topological polar surface area (TPSA) is 30.0 Å². The van der Waals surface area contributed by atoms with Gasteiger partial charge in [-0.05, 0) is 54.5 Å². The van der Waals surface area contributed by atoms with Gasteiger partial charge in [-0.15, -0.1) is 0 Å². The molecule has 1 fully saturated rings. The summed E-state index contributed by atoms with van der Waals surface area (Å²) >= 11 is 0. The second kappa shape index (κ2) is 5.76. The van der Waals surface area contributed by atoms with Crippen molar-refractivity contribution < 1.29 is 9.18 Å². The summed E-state index contributed by atoms with van der Waals surface area (Å²) in [6.45, 7) is 0. The second-order valence-electron chi connectivity index (χ2n) is 5.84. The molecule has 1 aliphatic rings. The summed E-state index contributed by atoms with van der Waals surface area (Å²) < 4.78 is 13.1. The van der Waals surface area contributed by atoms with Crippen molar-refractivity contribution in [3.8, 4) is 0 Å². The molecule has 0 N–H and O–H groups in total. The SMILES string of the molecule is O=CC(CC1(c2ccc(F)cc2)CCC1)c1ccccn1. The zero-order valence-corrected chi connectivity index (χ0v) is 11.8. The van der Waals surface area contributed by atoms with Crippen molar-refractivity contribution in [2.45, 2.75) is 37.0 Å². The molecule has 0 spiro atoms. The van der Waals surface area contributed by atoms with Crippen LogP contribution in [0.2, 0.25) is 0 Å². The van der Waals surface area contributed by atoms with E-state index in [2.05, 4.69) is 4.98 Å². The zero-order chi connectivity index (χ0) is 14.7.